The van der Waals surface area contributed by atoms with Gasteiger partial charge in [-0.3, -0.25) is 10.1 Å². The Morgan fingerprint density at radius 1 is 0.780 bits per heavy atom. The molecule has 1 atom stereocenters. The van der Waals surface area contributed by atoms with Crippen LogP contribution in [0.5, 0.6) is 5.75 Å². The predicted molar refractivity (Wildman–Crippen MR) is 172 cm³/mol. The summed E-state index contributed by atoms with van der Waals surface area (Å²) in [6, 6.07) is 13.5. The molecular formula is C36H52N2O3. The zero-order valence-electron chi connectivity index (χ0n) is 25.8. The van der Waals surface area contributed by atoms with Gasteiger partial charge in [0.15, 0.2) is 0 Å². The number of benzene rings is 2. The van der Waals surface area contributed by atoms with Crippen LogP contribution in [0.15, 0.2) is 48.5 Å². The third-order valence-electron chi connectivity index (χ3n) is 9.36. The molecule has 4 rings (SSSR count). The first-order valence-electron chi connectivity index (χ1n) is 16.4. The first-order chi connectivity index (χ1) is 19.9. The highest BCUT2D eigenvalue weighted by atomic mass is 16.6. The third-order valence-corrected chi connectivity index (χ3v) is 9.36. The summed E-state index contributed by atoms with van der Waals surface area (Å²) in [6.07, 6.45) is 25.9. The molecule has 0 aromatic heterocycles. The number of hydrogen-bond acceptors (Lipinski definition) is 4. The Balaban J connectivity index is 1.22. The minimum Gasteiger partial charge on any atom is -0.463 e. The summed E-state index contributed by atoms with van der Waals surface area (Å²) >= 11 is 0. The number of rotatable bonds is 18. The Kier molecular flexibility index (Phi) is 11.3. The van der Waals surface area contributed by atoms with Gasteiger partial charge < -0.3 is 9.64 Å². The van der Waals surface area contributed by atoms with E-state index in [2.05, 4.69) is 56.0 Å². The maximum atomic E-state index is 11.3. The van der Waals surface area contributed by atoms with Crippen LogP contribution in [0.4, 0.5) is 11.4 Å². The highest BCUT2D eigenvalue weighted by Gasteiger charge is 2.58. The Hall–Kier alpha value is -2.82. The van der Waals surface area contributed by atoms with Crippen molar-refractivity contribution in [2.45, 2.75) is 135 Å². The van der Waals surface area contributed by atoms with Gasteiger partial charge in [-0.05, 0) is 50.1 Å². The van der Waals surface area contributed by atoms with Crippen LogP contribution in [0.25, 0.3) is 6.08 Å². The number of hydrogen-bond donors (Lipinski definition) is 0. The predicted octanol–water partition coefficient (Wildman–Crippen LogP) is 10.8. The highest BCUT2D eigenvalue weighted by Crippen LogP contribution is 2.55. The number of nitro benzene ring substituents is 1. The van der Waals surface area contributed by atoms with Crippen LogP contribution in [0.2, 0.25) is 0 Å². The molecule has 2 heterocycles. The Bertz CT molecular complexity index is 1160. The van der Waals surface area contributed by atoms with Crippen molar-refractivity contribution < 1.29 is 9.66 Å². The lowest BCUT2D eigenvalue weighted by atomic mass is 9.76. The topological polar surface area (TPSA) is 55.6 Å². The molecule has 0 saturated heterocycles. The SMILES string of the molecule is CCCCCCCCCCCCCCCCCCN1c2ccccc2C(C)(C)[C@@]12C=Cc1cc([N+](=O)[O-])ccc1O2. The van der Waals surface area contributed by atoms with Crippen molar-refractivity contribution >= 4 is 17.5 Å². The van der Waals surface area contributed by atoms with Gasteiger partial charge in [0.2, 0.25) is 5.72 Å². The Morgan fingerprint density at radius 2 is 1.34 bits per heavy atom. The molecule has 5 nitrogen and oxygen atoms in total. The Labute approximate surface area is 248 Å². The average Bonchev–Trinajstić information content (AvgIpc) is 3.15. The van der Waals surface area contributed by atoms with Crippen molar-refractivity contribution in [3.05, 3.63) is 69.8 Å². The first-order valence-corrected chi connectivity index (χ1v) is 16.4. The number of fused-ring (bicyclic) bond motifs is 2. The van der Waals surface area contributed by atoms with Gasteiger partial charge in [-0.1, -0.05) is 121 Å². The highest BCUT2D eigenvalue weighted by molar-refractivity contribution is 5.73. The maximum Gasteiger partial charge on any atom is 0.270 e. The molecule has 41 heavy (non-hydrogen) atoms. The number of anilines is 1. The van der Waals surface area contributed by atoms with Crippen LogP contribution in [0.1, 0.15) is 135 Å². The van der Waals surface area contributed by atoms with Gasteiger partial charge in [0.25, 0.3) is 5.69 Å². The fourth-order valence-electron chi connectivity index (χ4n) is 6.81. The molecule has 0 N–H and O–H groups in total. The quantitative estimate of drug-likeness (QED) is 0.103. The molecule has 2 aliphatic heterocycles. The monoisotopic (exact) mass is 560 g/mol. The number of unbranched alkanes of at least 4 members (excludes halogenated alkanes) is 15. The van der Waals surface area contributed by atoms with Gasteiger partial charge in [0, 0.05) is 29.9 Å². The number of para-hydroxylation sites is 1. The van der Waals surface area contributed by atoms with Crippen molar-refractivity contribution in [1.29, 1.82) is 0 Å². The summed E-state index contributed by atoms with van der Waals surface area (Å²) in [7, 11) is 0. The number of non-ortho nitro benzene ring substituents is 1. The second-order valence-electron chi connectivity index (χ2n) is 12.7. The molecule has 0 aliphatic carbocycles. The van der Waals surface area contributed by atoms with Gasteiger partial charge in [-0.15, -0.1) is 0 Å². The molecule has 0 fully saturated rings. The standard InChI is InChI=1S/C36H52N2O3/c1-4-5-6-7-8-9-10-11-12-13-14-15-16-17-18-21-28-37-33-23-20-19-22-32(33)35(2,3)36(37)27-26-30-29-31(38(39)40)24-25-34(30)41-36/h19-20,22-27,29H,4-18,21,28H2,1-3H3/t36-/m0/s1. The molecule has 2 aromatic carbocycles. The van der Waals surface area contributed by atoms with Crippen LogP contribution in [-0.2, 0) is 5.41 Å². The fraction of sp³-hybridized carbons (Fsp3) is 0.611. The van der Waals surface area contributed by atoms with Gasteiger partial charge in [-0.2, -0.15) is 0 Å². The van der Waals surface area contributed by atoms with Gasteiger partial charge in [0.05, 0.1) is 10.3 Å². The lowest BCUT2D eigenvalue weighted by Gasteiger charge is -2.47. The van der Waals surface area contributed by atoms with Crippen molar-refractivity contribution in [3.63, 3.8) is 0 Å². The van der Waals surface area contributed by atoms with E-state index in [0.717, 1.165) is 18.5 Å². The van der Waals surface area contributed by atoms with E-state index < -0.39 is 5.72 Å². The summed E-state index contributed by atoms with van der Waals surface area (Å²) < 4.78 is 6.82. The molecule has 1 spiro atoms. The second-order valence-corrected chi connectivity index (χ2v) is 12.7. The summed E-state index contributed by atoms with van der Waals surface area (Å²) in [5.41, 5.74) is 2.43. The summed E-state index contributed by atoms with van der Waals surface area (Å²) in [5.74, 6) is 0.705. The van der Waals surface area contributed by atoms with Crippen LogP contribution >= 0.6 is 0 Å². The van der Waals surface area contributed by atoms with Crippen LogP contribution in [0.3, 0.4) is 0 Å². The minimum atomic E-state index is -0.657. The number of ether oxygens (including phenoxy) is 1. The van der Waals surface area contributed by atoms with E-state index in [0.29, 0.717) is 5.75 Å². The van der Waals surface area contributed by atoms with Crippen LogP contribution < -0.4 is 9.64 Å². The van der Waals surface area contributed by atoms with E-state index in [4.69, 9.17) is 4.74 Å². The molecule has 5 heteroatoms. The van der Waals surface area contributed by atoms with Gasteiger partial charge >= 0.3 is 0 Å². The van der Waals surface area contributed by atoms with E-state index >= 15 is 0 Å². The first kappa shape index (κ1) is 31.1. The normalized spacial score (nSPS) is 18.4. The van der Waals surface area contributed by atoms with E-state index in [1.807, 2.05) is 6.08 Å². The molecule has 0 amide bonds. The van der Waals surface area contributed by atoms with E-state index in [1.54, 1.807) is 18.2 Å². The van der Waals surface area contributed by atoms with Crippen molar-refractivity contribution in [3.8, 4) is 5.75 Å². The smallest absolute Gasteiger partial charge is 0.270 e. The molecule has 0 radical (unpaired) electrons. The van der Waals surface area contributed by atoms with Crippen molar-refractivity contribution in [1.82, 2.24) is 0 Å². The lowest BCUT2D eigenvalue weighted by molar-refractivity contribution is -0.384. The molecule has 2 aromatic rings. The van der Waals surface area contributed by atoms with E-state index in [-0.39, 0.29) is 16.0 Å². The fourth-order valence-corrected chi connectivity index (χ4v) is 6.81. The van der Waals surface area contributed by atoms with Crippen molar-refractivity contribution in [2.24, 2.45) is 0 Å². The van der Waals surface area contributed by atoms with Gasteiger partial charge in [0.1, 0.15) is 5.75 Å². The minimum absolute atomic E-state index is 0.0898. The molecule has 0 saturated carbocycles. The number of nitrogens with zero attached hydrogens (tertiary/aromatic N) is 2. The second kappa shape index (κ2) is 14.9. The summed E-state index contributed by atoms with van der Waals surface area (Å²) in [4.78, 5) is 13.4. The third kappa shape index (κ3) is 7.34. The molecule has 2 aliphatic rings. The largest absolute Gasteiger partial charge is 0.463 e. The average molecular weight is 561 g/mol. The maximum absolute atomic E-state index is 11.3. The van der Waals surface area contributed by atoms with E-state index in [9.17, 15) is 10.1 Å². The number of nitro groups is 1. The van der Waals surface area contributed by atoms with E-state index in [1.165, 1.54) is 108 Å². The van der Waals surface area contributed by atoms with Crippen LogP contribution in [-0.4, -0.2) is 17.2 Å². The zero-order chi connectivity index (χ0) is 29.1. The Morgan fingerprint density at radius 3 is 1.93 bits per heavy atom. The molecular weight excluding hydrogens is 508 g/mol. The van der Waals surface area contributed by atoms with Gasteiger partial charge in [-0.25, -0.2) is 0 Å². The molecule has 0 bridgehead atoms. The van der Waals surface area contributed by atoms with Crippen LogP contribution in [0, 0.1) is 10.1 Å². The molecule has 224 valence electrons. The van der Waals surface area contributed by atoms with Crippen molar-refractivity contribution in [2.75, 3.05) is 11.4 Å². The summed E-state index contributed by atoms with van der Waals surface area (Å²) in [5, 5.41) is 11.3. The lowest BCUT2D eigenvalue weighted by Crippen LogP contribution is -2.59. The summed E-state index contributed by atoms with van der Waals surface area (Å²) in [6.45, 7) is 7.71. The zero-order valence-corrected chi connectivity index (χ0v) is 25.8. The molecule has 0 unspecified atom stereocenters.